The summed E-state index contributed by atoms with van der Waals surface area (Å²) < 4.78 is 56.6. The van der Waals surface area contributed by atoms with E-state index in [1.807, 2.05) is 12.2 Å². The van der Waals surface area contributed by atoms with E-state index in [1.165, 1.54) is 44.6 Å². The summed E-state index contributed by atoms with van der Waals surface area (Å²) in [4.78, 5) is 61.9. The average molecular weight is 1070 g/mol. The van der Waals surface area contributed by atoms with Gasteiger partial charge in [0.15, 0.2) is 12.3 Å². The van der Waals surface area contributed by atoms with Crippen molar-refractivity contribution in [3.05, 3.63) is 108 Å². The maximum Gasteiger partial charge on any atom is 0.481 e. The summed E-state index contributed by atoms with van der Waals surface area (Å²) in [6.45, 7) is 1.88. The lowest BCUT2D eigenvalue weighted by Gasteiger charge is -2.21. The van der Waals surface area contributed by atoms with Gasteiger partial charge in [-0.15, -0.1) is 0 Å². The Hall–Kier alpha value is -4.10. The first-order valence-corrected chi connectivity index (χ1v) is 28.7. The molecule has 1 fully saturated rings. The number of rotatable bonds is 41. The lowest BCUT2D eigenvalue weighted by molar-refractivity contribution is -0.161. The number of phosphoric acid groups is 2. The molecule has 2 unspecified atom stereocenters. The number of phosphoric ester groups is 2. The molecule has 1 saturated heterocycles. The van der Waals surface area contributed by atoms with Gasteiger partial charge in [0.25, 0.3) is 0 Å². The van der Waals surface area contributed by atoms with Crippen LogP contribution in [-0.2, 0) is 46.3 Å². The maximum atomic E-state index is 12.9. The number of hydrogen-bond acceptors (Lipinski definition) is 16. The molecule has 0 radical (unpaired) electrons. The molecular weight excluding hydrogens is 985 g/mol. The van der Waals surface area contributed by atoms with Gasteiger partial charge < -0.3 is 45.1 Å². The van der Waals surface area contributed by atoms with Crippen LogP contribution in [0.3, 0.4) is 0 Å². The zero-order valence-electron chi connectivity index (χ0n) is 42.8. The van der Waals surface area contributed by atoms with Crippen LogP contribution in [0.4, 0.5) is 5.82 Å². The van der Waals surface area contributed by atoms with Crippen LogP contribution in [0.5, 0.6) is 0 Å². The Bertz CT molecular complexity index is 2070. The number of nitrogens with two attached hydrogens (primary N) is 1. The highest BCUT2D eigenvalue weighted by Crippen LogP contribution is 2.60. The fourth-order valence-electron chi connectivity index (χ4n) is 7.01. The lowest BCUT2D eigenvalue weighted by atomic mass is 10.1. The second kappa shape index (κ2) is 39.3. The van der Waals surface area contributed by atoms with Crippen molar-refractivity contribution >= 4 is 33.4 Å². The van der Waals surface area contributed by atoms with E-state index in [9.17, 15) is 48.6 Å². The van der Waals surface area contributed by atoms with Gasteiger partial charge in [0.2, 0.25) is 0 Å². The zero-order valence-corrected chi connectivity index (χ0v) is 44.6. The molecule has 0 bridgehead atoms. The highest BCUT2D eigenvalue weighted by Gasteiger charge is 2.46. The molecule has 0 spiro atoms. The Morgan fingerprint density at radius 3 is 1.88 bits per heavy atom. The summed E-state index contributed by atoms with van der Waals surface area (Å²) in [7, 11) is -11.0. The largest absolute Gasteiger partial charge is 0.481 e. The number of carbonyl (C=O) groups excluding carboxylic acids is 2. The van der Waals surface area contributed by atoms with Crippen LogP contribution in [-0.4, -0.2) is 96.9 Å². The Labute approximate surface area is 431 Å². The van der Waals surface area contributed by atoms with Crippen LogP contribution >= 0.6 is 15.6 Å². The second-order valence-corrected chi connectivity index (χ2v) is 20.6. The van der Waals surface area contributed by atoms with E-state index in [0.717, 1.165) is 75.0 Å². The first-order chi connectivity index (χ1) is 35.1. The van der Waals surface area contributed by atoms with Crippen molar-refractivity contribution in [2.24, 2.45) is 0 Å². The zero-order chi connectivity index (χ0) is 53.6. The van der Waals surface area contributed by atoms with Crippen molar-refractivity contribution in [3.8, 4) is 0 Å². The van der Waals surface area contributed by atoms with Gasteiger partial charge in [-0.2, -0.15) is 9.29 Å². The number of aliphatic hydroxyl groups excluding tert-OH is 3. The minimum absolute atomic E-state index is 0.0563. The average Bonchev–Trinajstić information content (AvgIpc) is 3.62. The fraction of sp³-hybridized carbons (Fsp3) is 0.615. The van der Waals surface area contributed by atoms with E-state index in [2.05, 4.69) is 83.9 Å². The summed E-state index contributed by atoms with van der Waals surface area (Å²) in [5.41, 5.74) is 4.57. The molecule has 0 amide bonds. The summed E-state index contributed by atoms with van der Waals surface area (Å²) in [5, 5.41) is 31.3. The Kier molecular flexibility index (Phi) is 35.0. The molecule has 412 valence electrons. The monoisotopic (exact) mass is 1070 g/mol. The lowest BCUT2D eigenvalue weighted by Crippen LogP contribution is -2.36. The summed E-state index contributed by atoms with van der Waals surface area (Å²) in [6, 6.07) is 1.23. The fourth-order valence-corrected chi connectivity index (χ4v) is 9.12. The highest BCUT2D eigenvalue weighted by atomic mass is 31.3. The molecule has 1 aromatic heterocycles. The van der Waals surface area contributed by atoms with Crippen molar-refractivity contribution in [2.75, 3.05) is 25.6 Å². The molecule has 0 aliphatic carbocycles. The number of ether oxygens (including phenoxy) is 3. The molecule has 2 rings (SSSR count). The number of aliphatic hydroxyl groups is 3. The smallest absolute Gasteiger partial charge is 0.462 e. The number of anilines is 1. The molecule has 8 atom stereocenters. The van der Waals surface area contributed by atoms with Gasteiger partial charge in [-0.05, 0) is 89.5 Å². The summed E-state index contributed by atoms with van der Waals surface area (Å²) >= 11 is 0. The summed E-state index contributed by atoms with van der Waals surface area (Å²) in [6.07, 6.45) is 38.3. The van der Waals surface area contributed by atoms with E-state index in [1.54, 1.807) is 12.2 Å². The van der Waals surface area contributed by atoms with Crippen LogP contribution in [0.25, 0.3) is 0 Å². The Balaban J connectivity index is 1.87. The van der Waals surface area contributed by atoms with Crippen molar-refractivity contribution < 1.29 is 71.4 Å². The van der Waals surface area contributed by atoms with E-state index in [4.69, 9.17) is 29.0 Å². The predicted molar refractivity (Wildman–Crippen MR) is 281 cm³/mol. The number of carbonyl (C=O) groups is 2. The van der Waals surface area contributed by atoms with Crippen LogP contribution < -0.4 is 11.4 Å². The quantitative estimate of drug-likeness (QED) is 0.0117. The van der Waals surface area contributed by atoms with E-state index >= 15 is 0 Å². The maximum absolute atomic E-state index is 12.9. The number of esters is 2. The second-order valence-electron chi connectivity index (χ2n) is 17.5. The van der Waals surface area contributed by atoms with Gasteiger partial charge in [-0.25, -0.2) is 13.9 Å². The Morgan fingerprint density at radius 2 is 1.27 bits per heavy atom. The van der Waals surface area contributed by atoms with Crippen molar-refractivity contribution in [1.29, 1.82) is 0 Å². The van der Waals surface area contributed by atoms with Crippen LogP contribution in [0.2, 0.25) is 0 Å². The van der Waals surface area contributed by atoms with Gasteiger partial charge in [0.05, 0.1) is 19.3 Å². The minimum Gasteiger partial charge on any atom is -0.462 e. The SMILES string of the molecule is CCCCC/C=C\C/C=C\C/C=C\C=C\[C@H](O)CCCC(=O)O[C@H](COC(=O)CCCCCC/C=C\C/C=C\C/C=C\CCCCC)COP(=O)(O)OP(=O)(O)OC[C@H]1O[C@@H](n2ccc(N)nc2=O)[C@H](O)[C@@H]1O. The van der Waals surface area contributed by atoms with Crippen molar-refractivity contribution in [3.63, 3.8) is 0 Å². The molecule has 21 heteroatoms. The minimum atomic E-state index is -5.48. The van der Waals surface area contributed by atoms with Crippen molar-refractivity contribution in [2.45, 2.75) is 185 Å². The Morgan fingerprint density at radius 1 is 0.726 bits per heavy atom. The molecule has 19 nitrogen and oxygen atoms in total. The number of aromatic nitrogens is 2. The first-order valence-electron chi connectivity index (χ1n) is 25.7. The van der Waals surface area contributed by atoms with E-state index in [-0.39, 0.29) is 31.5 Å². The third kappa shape index (κ3) is 32.1. The third-order valence-electron chi connectivity index (χ3n) is 11.1. The third-order valence-corrected chi connectivity index (χ3v) is 13.7. The highest BCUT2D eigenvalue weighted by molar-refractivity contribution is 7.61. The van der Waals surface area contributed by atoms with Gasteiger partial charge in [0.1, 0.15) is 30.7 Å². The van der Waals surface area contributed by atoms with E-state index < -0.39 is 89.8 Å². The standard InChI is InChI=1S/C52H83N3O16P2/c1-3-5-7-9-11-13-15-17-18-19-20-22-24-26-28-30-32-36-47(57)66-40-44(69-48(58)37-33-35-43(56)34-31-29-27-25-23-21-16-14-12-10-8-6-4-2)41-67-72(62,63)71-73(64,65)68-42-45-49(59)50(60)51(70-45)55-39-38-46(53)54-52(55)61/h11-14,17-18,20-23,27,29,31,34,38-39,43-45,49-51,56,59-60H,3-10,15-16,19,24-26,28,30,32-33,35-37,40-42H2,1-2H3,(H,62,63)(H,64,65)(H2,53,54,61)/b13-11-,14-12-,18-17-,22-20-,23-21-,29-27-,34-31+/t43-,44+,45+,49+,50+,51+/m0/s1. The number of nitrogen functional groups attached to an aromatic ring is 1. The van der Waals surface area contributed by atoms with Gasteiger partial charge in [-0.3, -0.25) is 23.2 Å². The van der Waals surface area contributed by atoms with Crippen LogP contribution in [0.15, 0.2) is 102 Å². The summed E-state index contributed by atoms with van der Waals surface area (Å²) in [5.74, 6) is -1.54. The molecule has 73 heavy (non-hydrogen) atoms. The van der Waals surface area contributed by atoms with Gasteiger partial charge in [0, 0.05) is 19.0 Å². The molecule has 0 aromatic carbocycles. The first kappa shape index (κ1) is 65.0. The van der Waals surface area contributed by atoms with Crippen LogP contribution in [0, 0.1) is 0 Å². The normalized spacial score (nSPS) is 20.1. The number of unbranched alkanes of at least 4 members (excludes halogenated alkanes) is 10. The van der Waals surface area contributed by atoms with Gasteiger partial charge >= 0.3 is 33.3 Å². The van der Waals surface area contributed by atoms with E-state index in [0.29, 0.717) is 6.42 Å². The predicted octanol–water partition coefficient (Wildman–Crippen LogP) is 9.64. The molecule has 7 N–H and O–H groups in total. The molecule has 2 heterocycles. The number of hydrogen-bond donors (Lipinski definition) is 6. The molecule has 0 saturated carbocycles. The molecule has 1 aliphatic rings. The van der Waals surface area contributed by atoms with Gasteiger partial charge in [-0.1, -0.05) is 137 Å². The topological polar surface area (TPSA) is 286 Å². The van der Waals surface area contributed by atoms with Crippen LogP contribution in [0.1, 0.15) is 155 Å². The molecular formula is C52H83N3O16P2. The number of nitrogens with zero attached hydrogens (tertiary/aromatic N) is 2. The molecule has 1 aliphatic heterocycles. The van der Waals surface area contributed by atoms with Crippen molar-refractivity contribution in [1.82, 2.24) is 9.55 Å². The molecule has 1 aromatic rings. The number of allylic oxidation sites excluding steroid dienone is 13.